The van der Waals surface area contributed by atoms with E-state index in [0.29, 0.717) is 6.54 Å². The number of likely N-dealkylation sites (tertiary alicyclic amines) is 1. The second kappa shape index (κ2) is 5.57. The van der Waals surface area contributed by atoms with Gasteiger partial charge in [0.2, 0.25) is 0 Å². The molecule has 0 aromatic heterocycles. The zero-order valence-corrected chi connectivity index (χ0v) is 13.1. The Morgan fingerprint density at radius 3 is 2.25 bits per heavy atom. The van der Waals surface area contributed by atoms with E-state index in [-0.39, 0.29) is 17.9 Å². The van der Waals surface area contributed by atoms with E-state index >= 15 is 0 Å². The van der Waals surface area contributed by atoms with Gasteiger partial charge in [-0.1, -0.05) is 24.6 Å². The molecule has 0 spiro atoms. The minimum absolute atomic E-state index is 0.223. The van der Waals surface area contributed by atoms with Gasteiger partial charge in [-0.25, -0.2) is 0 Å². The van der Waals surface area contributed by atoms with E-state index in [0.717, 1.165) is 6.54 Å². The summed E-state index contributed by atoms with van der Waals surface area (Å²) in [7, 11) is 0. The van der Waals surface area contributed by atoms with Crippen LogP contribution in [-0.4, -0.2) is 29.1 Å². The van der Waals surface area contributed by atoms with Crippen molar-refractivity contribution in [3.63, 3.8) is 0 Å². The highest BCUT2D eigenvalue weighted by molar-refractivity contribution is 5.71. The first-order valence-electron chi connectivity index (χ1n) is 7.35. The summed E-state index contributed by atoms with van der Waals surface area (Å²) in [5.74, 6) is -0.672. The van der Waals surface area contributed by atoms with Gasteiger partial charge in [0.1, 0.15) is 0 Å². The van der Waals surface area contributed by atoms with E-state index < -0.39 is 5.97 Å². The quantitative estimate of drug-likeness (QED) is 0.920. The van der Waals surface area contributed by atoms with Crippen molar-refractivity contribution in [1.29, 1.82) is 0 Å². The lowest BCUT2D eigenvalue weighted by Crippen LogP contribution is -2.27. The highest BCUT2D eigenvalue weighted by atomic mass is 16.4. The summed E-state index contributed by atoms with van der Waals surface area (Å²) in [5.41, 5.74) is 5.26. The van der Waals surface area contributed by atoms with Crippen molar-refractivity contribution >= 4 is 5.97 Å². The van der Waals surface area contributed by atoms with Gasteiger partial charge in [0, 0.05) is 19.1 Å². The first-order chi connectivity index (χ1) is 9.31. The first kappa shape index (κ1) is 15.0. The van der Waals surface area contributed by atoms with Crippen LogP contribution in [-0.2, 0) is 4.79 Å². The number of carboxylic acid groups (broad SMARTS) is 1. The molecule has 0 aliphatic carbocycles. The monoisotopic (exact) mass is 275 g/mol. The molecular formula is C17H25NO2. The molecule has 1 aromatic rings. The van der Waals surface area contributed by atoms with Crippen molar-refractivity contribution in [1.82, 2.24) is 4.90 Å². The van der Waals surface area contributed by atoms with Crippen molar-refractivity contribution in [3.05, 3.63) is 34.4 Å². The third-order valence-electron chi connectivity index (χ3n) is 4.66. The van der Waals surface area contributed by atoms with Crippen molar-refractivity contribution in [2.24, 2.45) is 11.8 Å². The predicted octanol–water partition coefficient (Wildman–Crippen LogP) is 3.33. The van der Waals surface area contributed by atoms with Crippen molar-refractivity contribution in [3.8, 4) is 0 Å². The average Bonchev–Trinajstić information content (AvgIpc) is 2.69. The van der Waals surface area contributed by atoms with Crippen LogP contribution in [0.3, 0.4) is 0 Å². The van der Waals surface area contributed by atoms with Gasteiger partial charge in [-0.2, -0.15) is 0 Å². The SMILES string of the molecule is Cc1cc(C)c(C(C)N2CC(C)C(C(=O)O)C2)c(C)c1. The van der Waals surface area contributed by atoms with Gasteiger partial charge in [0.15, 0.2) is 0 Å². The molecule has 1 aromatic carbocycles. The Morgan fingerprint density at radius 1 is 1.25 bits per heavy atom. The number of carbonyl (C=O) groups is 1. The highest BCUT2D eigenvalue weighted by Gasteiger charge is 2.37. The number of carboxylic acids is 1. The summed E-state index contributed by atoms with van der Waals surface area (Å²) < 4.78 is 0. The molecule has 1 saturated heterocycles. The van der Waals surface area contributed by atoms with Gasteiger partial charge in [-0.05, 0) is 50.3 Å². The van der Waals surface area contributed by atoms with Crippen LogP contribution < -0.4 is 0 Å². The molecule has 0 bridgehead atoms. The highest BCUT2D eigenvalue weighted by Crippen LogP contribution is 2.34. The van der Waals surface area contributed by atoms with E-state index in [9.17, 15) is 9.90 Å². The molecule has 0 saturated carbocycles. The lowest BCUT2D eigenvalue weighted by Gasteiger charge is -2.28. The topological polar surface area (TPSA) is 40.5 Å². The van der Waals surface area contributed by atoms with Gasteiger partial charge in [0.25, 0.3) is 0 Å². The predicted molar refractivity (Wildman–Crippen MR) is 80.9 cm³/mol. The van der Waals surface area contributed by atoms with Crippen LogP contribution in [0, 0.1) is 32.6 Å². The summed E-state index contributed by atoms with van der Waals surface area (Å²) in [4.78, 5) is 13.6. The molecule has 1 aliphatic rings. The van der Waals surface area contributed by atoms with Gasteiger partial charge >= 0.3 is 5.97 Å². The maximum absolute atomic E-state index is 11.3. The third kappa shape index (κ3) is 2.73. The molecule has 0 radical (unpaired) electrons. The van der Waals surface area contributed by atoms with E-state index in [1.807, 2.05) is 6.92 Å². The van der Waals surface area contributed by atoms with E-state index in [2.05, 4.69) is 44.7 Å². The van der Waals surface area contributed by atoms with E-state index in [4.69, 9.17) is 0 Å². The second-order valence-electron chi connectivity index (χ2n) is 6.36. The number of aliphatic carboxylic acids is 1. The summed E-state index contributed by atoms with van der Waals surface area (Å²) in [6.45, 7) is 12.2. The molecule has 3 heteroatoms. The Morgan fingerprint density at radius 2 is 1.80 bits per heavy atom. The molecule has 1 N–H and O–H groups in total. The fraction of sp³-hybridized carbons (Fsp3) is 0.588. The average molecular weight is 275 g/mol. The van der Waals surface area contributed by atoms with Gasteiger partial charge < -0.3 is 5.11 Å². The maximum atomic E-state index is 11.3. The van der Waals surface area contributed by atoms with Crippen LogP contribution in [0.1, 0.15) is 42.1 Å². The molecule has 3 atom stereocenters. The number of benzene rings is 1. The third-order valence-corrected chi connectivity index (χ3v) is 4.66. The summed E-state index contributed by atoms with van der Waals surface area (Å²) >= 11 is 0. The molecule has 0 amide bonds. The van der Waals surface area contributed by atoms with Crippen molar-refractivity contribution in [2.45, 2.75) is 40.7 Å². The first-order valence-corrected chi connectivity index (χ1v) is 7.35. The number of rotatable bonds is 3. The normalized spacial score (nSPS) is 24.9. The zero-order valence-electron chi connectivity index (χ0n) is 13.1. The van der Waals surface area contributed by atoms with Gasteiger partial charge in [-0.15, -0.1) is 0 Å². The summed E-state index contributed by atoms with van der Waals surface area (Å²) in [6, 6.07) is 4.71. The standard InChI is InChI=1S/C17H25NO2/c1-10-6-11(2)16(12(3)7-10)14(5)18-8-13(4)15(9-18)17(19)20/h6-7,13-15H,8-9H2,1-5H3,(H,19,20). The second-order valence-corrected chi connectivity index (χ2v) is 6.36. The largest absolute Gasteiger partial charge is 0.481 e. The fourth-order valence-corrected chi connectivity index (χ4v) is 3.67. The molecule has 1 aliphatic heterocycles. The van der Waals surface area contributed by atoms with Crippen LogP contribution in [0.5, 0.6) is 0 Å². The van der Waals surface area contributed by atoms with Gasteiger partial charge in [-0.3, -0.25) is 9.69 Å². The molecule has 110 valence electrons. The summed E-state index contributed by atoms with van der Waals surface area (Å²) in [5, 5.41) is 9.27. The molecular weight excluding hydrogens is 250 g/mol. The van der Waals surface area contributed by atoms with Crippen LogP contribution >= 0.6 is 0 Å². The Kier molecular flexibility index (Phi) is 4.19. The molecule has 1 fully saturated rings. The lowest BCUT2D eigenvalue weighted by atomic mass is 9.94. The molecule has 3 unspecified atom stereocenters. The van der Waals surface area contributed by atoms with E-state index in [1.165, 1.54) is 22.3 Å². The fourth-order valence-electron chi connectivity index (χ4n) is 3.67. The van der Waals surface area contributed by atoms with E-state index in [1.54, 1.807) is 0 Å². The Hall–Kier alpha value is -1.35. The number of aryl methyl sites for hydroxylation is 3. The van der Waals surface area contributed by atoms with Crippen LogP contribution in [0.2, 0.25) is 0 Å². The number of hydrogen-bond donors (Lipinski definition) is 1. The van der Waals surface area contributed by atoms with Crippen LogP contribution in [0.25, 0.3) is 0 Å². The molecule has 20 heavy (non-hydrogen) atoms. The maximum Gasteiger partial charge on any atom is 0.308 e. The number of nitrogens with zero attached hydrogens (tertiary/aromatic N) is 1. The smallest absolute Gasteiger partial charge is 0.308 e. The summed E-state index contributed by atoms with van der Waals surface area (Å²) in [6.07, 6.45) is 0. The van der Waals surface area contributed by atoms with Crippen LogP contribution in [0.4, 0.5) is 0 Å². The Bertz CT molecular complexity index is 501. The lowest BCUT2D eigenvalue weighted by molar-refractivity contribution is -0.142. The van der Waals surface area contributed by atoms with Crippen LogP contribution in [0.15, 0.2) is 12.1 Å². The zero-order chi connectivity index (χ0) is 15.0. The van der Waals surface area contributed by atoms with Crippen molar-refractivity contribution in [2.75, 3.05) is 13.1 Å². The molecule has 1 heterocycles. The van der Waals surface area contributed by atoms with Crippen molar-refractivity contribution < 1.29 is 9.90 Å². The Balaban J connectivity index is 2.25. The minimum Gasteiger partial charge on any atom is -0.481 e. The van der Waals surface area contributed by atoms with Gasteiger partial charge in [0.05, 0.1) is 5.92 Å². The molecule has 3 nitrogen and oxygen atoms in total. The minimum atomic E-state index is -0.662. The molecule has 2 rings (SSSR count). The Labute approximate surface area is 121 Å². The number of hydrogen-bond acceptors (Lipinski definition) is 2.